The second kappa shape index (κ2) is 6.13. The highest BCUT2D eigenvalue weighted by Crippen LogP contribution is 2.31. The standard InChI is InChI=1S/C15H17BrN2O2/c1-9(2)19-15-12(17)5-7-14(18-15)20-13-6-4-10(3)8-11(13)16/h4-9H,17H2,1-3H3. The van der Waals surface area contributed by atoms with Gasteiger partial charge in [0.2, 0.25) is 11.8 Å². The zero-order valence-electron chi connectivity index (χ0n) is 11.7. The van der Waals surface area contributed by atoms with Gasteiger partial charge in [-0.15, -0.1) is 0 Å². The molecule has 0 spiro atoms. The molecule has 0 unspecified atom stereocenters. The number of rotatable bonds is 4. The molecule has 5 heteroatoms. The Kier molecular flexibility index (Phi) is 4.49. The molecule has 0 saturated heterocycles. The van der Waals surface area contributed by atoms with E-state index in [0.29, 0.717) is 23.2 Å². The molecule has 0 atom stereocenters. The molecule has 2 aromatic rings. The zero-order chi connectivity index (χ0) is 14.7. The van der Waals surface area contributed by atoms with Crippen LogP contribution in [0.3, 0.4) is 0 Å². The van der Waals surface area contributed by atoms with E-state index in [0.717, 1.165) is 10.0 Å². The van der Waals surface area contributed by atoms with E-state index in [1.165, 1.54) is 0 Å². The monoisotopic (exact) mass is 336 g/mol. The first-order valence-electron chi connectivity index (χ1n) is 6.33. The van der Waals surface area contributed by atoms with Gasteiger partial charge in [0, 0.05) is 6.07 Å². The Labute approximate surface area is 127 Å². The lowest BCUT2D eigenvalue weighted by molar-refractivity contribution is 0.232. The highest BCUT2D eigenvalue weighted by atomic mass is 79.9. The van der Waals surface area contributed by atoms with Gasteiger partial charge >= 0.3 is 0 Å². The number of benzene rings is 1. The van der Waals surface area contributed by atoms with E-state index < -0.39 is 0 Å². The van der Waals surface area contributed by atoms with Gasteiger partial charge in [-0.1, -0.05) is 6.07 Å². The molecule has 2 rings (SSSR count). The molecule has 0 amide bonds. The normalized spacial score (nSPS) is 10.7. The molecule has 0 aliphatic rings. The molecule has 4 nitrogen and oxygen atoms in total. The first kappa shape index (κ1) is 14.7. The third kappa shape index (κ3) is 3.63. The van der Waals surface area contributed by atoms with Gasteiger partial charge in [0.25, 0.3) is 0 Å². The fraction of sp³-hybridized carbons (Fsp3) is 0.267. The summed E-state index contributed by atoms with van der Waals surface area (Å²) in [4.78, 5) is 4.28. The minimum atomic E-state index is 0.00570. The number of hydrogen-bond donors (Lipinski definition) is 1. The van der Waals surface area contributed by atoms with Crippen LogP contribution in [-0.2, 0) is 0 Å². The molecular weight excluding hydrogens is 320 g/mol. The van der Waals surface area contributed by atoms with Gasteiger partial charge in [-0.3, -0.25) is 0 Å². The minimum Gasteiger partial charge on any atom is -0.473 e. The number of aromatic nitrogens is 1. The molecule has 0 radical (unpaired) electrons. The van der Waals surface area contributed by atoms with Crippen molar-refractivity contribution in [1.29, 1.82) is 0 Å². The van der Waals surface area contributed by atoms with Crippen LogP contribution in [0.15, 0.2) is 34.8 Å². The van der Waals surface area contributed by atoms with Gasteiger partial charge in [-0.05, 0) is 60.5 Å². The Morgan fingerprint density at radius 1 is 1.20 bits per heavy atom. The van der Waals surface area contributed by atoms with Gasteiger partial charge in [0.1, 0.15) is 5.75 Å². The number of nitrogens with two attached hydrogens (primary N) is 1. The topological polar surface area (TPSA) is 57.4 Å². The van der Waals surface area contributed by atoms with Crippen molar-refractivity contribution in [2.45, 2.75) is 26.9 Å². The van der Waals surface area contributed by atoms with Crippen LogP contribution in [0.1, 0.15) is 19.4 Å². The number of pyridine rings is 1. The first-order valence-corrected chi connectivity index (χ1v) is 7.12. The Bertz CT molecular complexity index is 615. The van der Waals surface area contributed by atoms with Crippen molar-refractivity contribution in [3.8, 4) is 17.5 Å². The van der Waals surface area contributed by atoms with Gasteiger partial charge in [-0.25, -0.2) is 0 Å². The predicted molar refractivity (Wildman–Crippen MR) is 83.4 cm³/mol. The summed E-state index contributed by atoms with van der Waals surface area (Å²) in [5.41, 5.74) is 7.47. The molecule has 0 saturated carbocycles. The van der Waals surface area contributed by atoms with Crippen LogP contribution in [0.25, 0.3) is 0 Å². The second-order valence-corrected chi connectivity index (χ2v) is 5.60. The van der Waals surface area contributed by atoms with Gasteiger partial charge < -0.3 is 15.2 Å². The number of aryl methyl sites for hydroxylation is 1. The maximum atomic E-state index is 5.83. The van der Waals surface area contributed by atoms with Crippen molar-refractivity contribution in [3.63, 3.8) is 0 Å². The smallest absolute Gasteiger partial charge is 0.240 e. The summed E-state index contributed by atoms with van der Waals surface area (Å²) in [6.07, 6.45) is 0.00570. The third-order valence-corrected chi connectivity index (χ3v) is 3.13. The summed E-state index contributed by atoms with van der Waals surface area (Å²) < 4.78 is 12.2. The number of anilines is 1. The fourth-order valence-electron chi connectivity index (χ4n) is 1.61. The maximum Gasteiger partial charge on any atom is 0.240 e. The van der Waals surface area contributed by atoms with Crippen LogP contribution in [0, 0.1) is 6.92 Å². The van der Waals surface area contributed by atoms with Crippen LogP contribution in [0.5, 0.6) is 17.5 Å². The van der Waals surface area contributed by atoms with Crippen LogP contribution in [0.2, 0.25) is 0 Å². The summed E-state index contributed by atoms with van der Waals surface area (Å²) in [5, 5.41) is 0. The van der Waals surface area contributed by atoms with Crippen LogP contribution < -0.4 is 15.2 Å². The maximum absolute atomic E-state index is 5.83. The molecule has 0 aliphatic carbocycles. The zero-order valence-corrected chi connectivity index (χ0v) is 13.3. The lowest BCUT2D eigenvalue weighted by Gasteiger charge is -2.13. The minimum absolute atomic E-state index is 0.00570. The molecule has 0 aliphatic heterocycles. The van der Waals surface area contributed by atoms with Crippen LogP contribution >= 0.6 is 15.9 Å². The summed E-state index contributed by atoms with van der Waals surface area (Å²) in [6.45, 7) is 5.86. The number of ether oxygens (including phenoxy) is 2. The van der Waals surface area contributed by atoms with E-state index >= 15 is 0 Å². The van der Waals surface area contributed by atoms with Gasteiger partial charge in [0.05, 0.1) is 16.3 Å². The van der Waals surface area contributed by atoms with Crippen molar-refractivity contribution < 1.29 is 9.47 Å². The van der Waals surface area contributed by atoms with E-state index in [4.69, 9.17) is 15.2 Å². The Morgan fingerprint density at radius 3 is 2.60 bits per heavy atom. The number of hydrogen-bond acceptors (Lipinski definition) is 4. The number of nitrogen functional groups attached to an aromatic ring is 1. The van der Waals surface area contributed by atoms with Crippen LogP contribution in [-0.4, -0.2) is 11.1 Å². The quantitative estimate of drug-likeness (QED) is 0.903. The summed E-state index contributed by atoms with van der Waals surface area (Å²) in [5.74, 6) is 1.53. The van der Waals surface area contributed by atoms with Gasteiger partial charge in [-0.2, -0.15) is 4.98 Å². The molecule has 0 fully saturated rings. The average molecular weight is 337 g/mol. The van der Waals surface area contributed by atoms with E-state index in [2.05, 4.69) is 20.9 Å². The van der Waals surface area contributed by atoms with Crippen molar-refractivity contribution in [2.24, 2.45) is 0 Å². The lowest BCUT2D eigenvalue weighted by atomic mass is 10.2. The van der Waals surface area contributed by atoms with E-state index in [1.54, 1.807) is 12.1 Å². The van der Waals surface area contributed by atoms with Crippen molar-refractivity contribution >= 4 is 21.6 Å². The molecule has 1 aromatic carbocycles. The van der Waals surface area contributed by atoms with E-state index in [1.807, 2.05) is 39.0 Å². The third-order valence-electron chi connectivity index (χ3n) is 2.51. The molecule has 2 N–H and O–H groups in total. The predicted octanol–water partition coefficient (Wildman–Crippen LogP) is 4.31. The van der Waals surface area contributed by atoms with Crippen molar-refractivity contribution in [2.75, 3.05) is 5.73 Å². The Balaban J connectivity index is 2.25. The molecule has 20 heavy (non-hydrogen) atoms. The Morgan fingerprint density at radius 2 is 1.95 bits per heavy atom. The summed E-state index contributed by atoms with van der Waals surface area (Å²) in [7, 11) is 0. The molecule has 1 aromatic heterocycles. The molecule has 0 bridgehead atoms. The molecule has 106 valence electrons. The fourth-order valence-corrected chi connectivity index (χ4v) is 2.18. The molecule has 1 heterocycles. The highest BCUT2D eigenvalue weighted by Gasteiger charge is 2.09. The second-order valence-electron chi connectivity index (χ2n) is 4.75. The average Bonchev–Trinajstić information content (AvgIpc) is 2.36. The van der Waals surface area contributed by atoms with Crippen LogP contribution in [0.4, 0.5) is 5.69 Å². The number of nitrogens with zero attached hydrogens (tertiary/aromatic N) is 1. The largest absolute Gasteiger partial charge is 0.473 e. The van der Waals surface area contributed by atoms with E-state index in [-0.39, 0.29) is 6.10 Å². The first-order chi connectivity index (χ1) is 9.45. The molecular formula is C15H17BrN2O2. The van der Waals surface area contributed by atoms with E-state index in [9.17, 15) is 0 Å². The summed E-state index contributed by atoms with van der Waals surface area (Å²) >= 11 is 3.47. The summed E-state index contributed by atoms with van der Waals surface area (Å²) in [6, 6.07) is 9.29. The van der Waals surface area contributed by atoms with Crippen molar-refractivity contribution in [1.82, 2.24) is 4.98 Å². The van der Waals surface area contributed by atoms with Crippen molar-refractivity contribution in [3.05, 3.63) is 40.4 Å². The number of halogens is 1. The SMILES string of the molecule is Cc1ccc(Oc2ccc(N)c(OC(C)C)n2)c(Br)c1. The lowest BCUT2D eigenvalue weighted by Crippen LogP contribution is -2.09. The van der Waals surface area contributed by atoms with Gasteiger partial charge in [0.15, 0.2) is 0 Å². The highest BCUT2D eigenvalue weighted by molar-refractivity contribution is 9.10. The Hall–Kier alpha value is -1.75.